The van der Waals surface area contributed by atoms with E-state index >= 15 is 0 Å². The predicted molar refractivity (Wildman–Crippen MR) is 86.4 cm³/mol. The largest absolute Gasteiger partial charge is 0.493 e. The van der Waals surface area contributed by atoms with Crippen LogP contribution in [0.25, 0.3) is 0 Å². The van der Waals surface area contributed by atoms with Crippen LogP contribution in [0.15, 0.2) is 42.5 Å². The van der Waals surface area contributed by atoms with Gasteiger partial charge in [0, 0.05) is 0 Å². The number of carbonyl (C=O) groups excluding carboxylic acids is 1. The van der Waals surface area contributed by atoms with Crippen LogP contribution in [0.4, 0.5) is 0 Å². The molecule has 1 unspecified atom stereocenters. The molecule has 1 atom stereocenters. The molecule has 5 nitrogen and oxygen atoms in total. The monoisotopic (exact) mass is 316 g/mol. The van der Waals surface area contributed by atoms with Crippen molar-refractivity contribution >= 4 is 5.97 Å². The van der Waals surface area contributed by atoms with Gasteiger partial charge in [-0.2, -0.15) is 0 Å². The van der Waals surface area contributed by atoms with Gasteiger partial charge in [-0.3, -0.25) is 0 Å². The molecule has 0 aliphatic heterocycles. The van der Waals surface area contributed by atoms with Gasteiger partial charge in [-0.25, -0.2) is 4.79 Å². The first-order chi connectivity index (χ1) is 11.1. The SMILES string of the molecule is COc1cc(C(=O)OC(C)c2ccccc2)cc(OC)c1OC. The minimum Gasteiger partial charge on any atom is -0.493 e. The first-order valence-electron chi connectivity index (χ1n) is 7.16. The maximum Gasteiger partial charge on any atom is 0.339 e. The Morgan fingerprint density at radius 3 is 1.96 bits per heavy atom. The van der Waals surface area contributed by atoms with E-state index in [2.05, 4.69) is 0 Å². The van der Waals surface area contributed by atoms with E-state index in [-0.39, 0.29) is 6.10 Å². The topological polar surface area (TPSA) is 54.0 Å². The minimum absolute atomic E-state index is 0.335. The number of rotatable bonds is 6. The molecular weight excluding hydrogens is 296 g/mol. The lowest BCUT2D eigenvalue weighted by Gasteiger charge is -2.16. The molecule has 2 aromatic rings. The summed E-state index contributed by atoms with van der Waals surface area (Å²) in [5, 5.41) is 0. The third-order valence-electron chi connectivity index (χ3n) is 3.45. The average Bonchev–Trinajstić information content (AvgIpc) is 2.60. The highest BCUT2D eigenvalue weighted by Crippen LogP contribution is 2.38. The first-order valence-corrected chi connectivity index (χ1v) is 7.16. The Bertz CT molecular complexity index is 641. The number of benzene rings is 2. The summed E-state index contributed by atoms with van der Waals surface area (Å²) in [6.45, 7) is 1.82. The number of hydrogen-bond donors (Lipinski definition) is 0. The third-order valence-corrected chi connectivity index (χ3v) is 3.45. The van der Waals surface area contributed by atoms with Gasteiger partial charge in [-0.15, -0.1) is 0 Å². The highest BCUT2D eigenvalue weighted by molar-refractivity contribution is 5.91. The zero-order chi connectivity index (χ0) is 16.8. The lowest BCUT2D eigenvalue weighted by Crippen LogP contribution is -2.10. The molecular formula is C18H20O5. The van der Waals surface area contributed by atoms with Crippen LogP contribution in [0.5, 0.6) is 17.2 Å². The molecule has 0 fully saturated rings. The van der Waals surface area contributed by atoms with Crippen molar-refractivity contribution in [2.45, 2.75) is 13.0 Å². The van der Waals surface area contributed by atoms with Gasteiger partial charge in [0.15, 0.2) is 11.5 Å². The van der Waals surface area contributed by atoms with Crippen LogP contribution in [-0.4, -0.2) is 27.3 Å². The number of carbonyl (C=O) groups is 1. The Balaban J connectivity index is 2.25. The van der Waals surface area contributed by atoms with Crippen LogP contribution in [-0.2, 0) is 4.74 Å². The Hall–Kier alpha value is -2.69. The van der Waals surface area contributed by atoms with Crippen LogP contribution >= 0.6 is 0 Å². The number of ether oxygens (including phenoxy) is 4. The molecule has 0 amide bonds. The van der Waals surface area contributed by atoms with E-state index in [0.29, 0.717) is 22.8 Å². The lowest BCUT2D eigenvalue weighted by molar-refractivity contribution is 0.0337. The second-order valence-corrected chi connectivity index (χ2v) is 4.87. The van der Waals surface area contributed by atoms with Crippen molar-refractivity contribution in [1.82, 2.24) is 0 Å². The van der Waals surface area contributed by atoms with Crippen molar-refractivity contribution in [3.8, 4) is 17.2 Å². The normalized spacial score (nSPS) is 11.5. The van der Waals surface area contributed by atoms with Gasteiger partial charge in [0.2, 0.25) is 5.75 Å². The Morgan fingerprint density at radius 2 is 1.48 bits per heavy atom. The van der Waals surface area contributed by atoms with Crippen LogP contribution in [0.3, 0.4) is 0 Å². The maximum absolute atomic E-state index is 12.4. The molecule has 0 saturated heterocycles. The zero-order valence-electron chi connectivity index (χ0n) is 13.7. The zero-order valence-corrected chi connectivity index (χ0v) is 13.7. The molecule has 5 heteroatoms. The van der Waals surface area contributed by atoms with E-state index in [1.807, 2.05) is 37.3 Å². The molecule has 0 saturated carbocycles. The molecule has 0 radical (unpaired) electrons. The summed E-state index contributed by atoms with van der Waals surface area (Å²) in [7, 11) is 4.51. The van der Waals surface area contributed by atoms with Crippen LogP contribution < -0.4 is 14.2 Å². The molecule has 23 heavy (non-hydrogen) atoms. The molecule has 0 heterocycles. The van der Waals surface area contributed by atoms with Gasteiger partial charge >= 0.3 is 5.97 Å². The third kappa shape index (κ3) is 3.74. The van der Waals surface area contributed by atoms with E-state index in [0.717, 1.165) is 5.56 Å². The van der Waals surface area contributed by atoms with Gasteiger partial charge in [0.25, 0.3) is 0 Å². The van der Waals surface area contributed by atoms with Crippen molar-refractivity contribution in [3.63, 3.8) is 0 Å². The summed E-state index contributed by atoms with van der Waals surface area (Å²) < 4.78 is 21.2. The quantitative estimate of drug-likeness (QED) is 0.762. The fourth-order valence-electron chi connectivity index (χ4n) is 2.22. The fraction of sp³-hybridized carbons (Fsp3) is 0.278. The standard InChI is InChI=1S/C18H20O5/c1-12(13-8-6-5-7-9-13)23-18(19)14-10-15(20-2)17(22-4)16(11-14)21-3/h5-12H,1-4H3. The minimum atomic E-state index is -0.458. The molecule has 0 bridgehead atoms. The van der Waals surface area contributed by atoms with Crippen LogP contribution in [0.1, 0.15) is 28.9 Å². The summed E-state index contributed by atoms with van der Waals surface area (Å²) in [6, 6.07) is 12.7. The van der Waals surface area contributed by atoms with E-state index in [9.17, 15) is 4.79 Å². The summed E-state index contributed by atoms with van der Waals surface area (Å²) in [6.07, 6.45) is -0.359. The smallest absolute Gasteiger partial charge is 0.339 e. The molecule has 0 aliphatic carbocycles. The molecule has 122 valence electrons. The van der Waals surface area contributed by atoms with E-state index in [1.54, 1.807) is 12.1 Å². The maximum atomic E-state index is 12.4. The molecule has 2 aromatic carbocycles. The van der Waals surface area contributed by atoms with Crippen molar-refractivity contribution in [2.75, 3.05) is 21.3 Å². The van der Waals surface area contributed by atoms with Crippen LogP contribution in [0.2, 0.25) is 0 Å². The predicted octanol–water partition coefficient (Wildman–Crippen LogP) is 3.63. The summed E-state index contributed by atoms with van der Waals surface area (Å²) in [5.74, 6) is 0.792. The van der Waals surface area contributed by atoms with E-state index in [4.69, 9.17) is 18.9 Å². The van der Waals surface area contributed by atoms with Crippen molar-refractivity contribution in [2.24, 2.45) is 0 Å². The van der Waals surface area contributed by atoms with Gasteiger partial charge < -0.3 is 18.9 Å². The molecule has 0 aliphatic rings. The van der Waals surface area contributed by atoms with E-state index in [1.165, 1.54) is 21.3 Å². The number of esters is 1. The lowest BCUT2D eigenvalue weighted by atomic mass is 10.1. The van der Waals surface area contributed by atoms with E-state index < -0.39 is 5.97 Å². The molecule has 0 N–H and O–H groups in total. The van der Waals surface area contributed by atoms with Gasteiger partial charge in [0.1, 0.15) is 6.10 Å². The Morgan fingerprint density at radius 1 is 0.913 bits per heavy atom. The number of hydrogen-bond acceptors (Lipinski definition) is 5. The van der Waals surface area contributed by atoms with Crippen molar-refractivity contribution < 1.29 is 23.7 Å². The highest BCUT2D eigenvalue weighted by atomic mass is 16.5. The first kappa shape index (κ1) is 16.7. The Labute approximate surface area is 135 Å². The second kappa shape index (κ2) is 7.54. The summed E-state index contributed by atoms with van der Waals surface area (Å²) in [5.41, 5.74) is 1.26. The molecule has 0 spiro atoms. The second-order valence-electron chi connectivity index (χ2n) is 4.87. The van der Waals surface area contributed by atoms with Gasteiger partial charge in [-0.05, 0) is 24.6 Å². The van der Waals surface area contributed by atoms with Crippen molar-refractivity contribution in [1.29, 1.82) is 0 Å². The number of methoxy groups -OCH3 is 3. The van der Waals surface area contributed by atoms with Gasteiger partial charge in [0.05, 0.1) is 26.9 Å². The highest BCUT2D eigenvalue weighted by Gasteiger charge is 2.19. The van der Waals surface area contributed by atoms with Gasteiger partial charge in [-0.1, -0.05) is 30.3 Å². The van der Waals surface area contributed by atoms with Crippen molar-refractivity contribution in [3.05, 3.63) is 53.6 Å². The summed E-state index contributed by atoms with van der Waals surface area (Å²) >= 11 is 0. The average molecular weight is 316 g/mol. The fourth-order valence-corrected chi connectivity index (χ4v) is 2.22. The summed E-state index contributed by atoms with van der Waals surface area (Å²) in [4.78, 5) is 12.4. The molecule has 0 aromatic heterocycles. The Kier molecular flexibility index (Phi) is 5.46. The molecule has 2 rings (SSSR count). The van der Waals surface area contributed by atoms with Crippen LogP contribution in [0, 0.1) is 0 Å².